The minimum absolute atomic E-state index is 0.0375. The summed E-state index contributed by atoms with van der Waals surface area (Å²) in [6.07, 6.45) is 1.60. The molecule has 2 saturated heterocycles. The third-order valence-electron chi connectivity index (χ3n) is 3.81. The fourth-order valence-electron chi connectivity index (χ4n) is 2.56. The van der Waals surface area contributed by atoms with Crippen molar-refractivity contribution >= 4 is 17.9 Å². The molecule has 2 N–H and O–H groups in total. The normalized spacial score (nSPS) is 23.7. The zero-order chi connectivity index (χ0) is 14.0. The van der Waals surface area contributed by atoms with Crippen molar-refractivity contribution in [1.29, 1.82) is 0 Å². The monoisotopic (exact) mass is 269 g/mol. The molecule has 7 nitrogen and oxygen atoms in total. The van der Waals surface area contributed by atoms with Crippen LogP contribution in [0.15, 0.2) is 0 Å². The van der Waals surface area contributed by atoms with Crippen LogP contribution in [0.25, 0.3) is 0 Å². The van der Waals surface area contributed by atoms with Crippen molar-refractivity contribution < 1.29 is 19.5 Å². The Morgan fingerprint density at radius 1 is 1.11 bits per heavy atom. The van der Waals surface area contributed by atoms with Crippen LogP contribution in [-0.2, 0) is 9.59 Å². The van der Waals surface area contributed by atoms with Gasteiger partial charge in [0.1, 0.15) is 0 Å². The SMILES string of the molecule is CNC(=O)C1CCCN(C(=O)N2CC(C(=O)O)C2)C1. The van der Waals surface area contributed by atoms with E-state index in [-0.39, 0.29) is 30.9 Å². The fraction of sp³-hybridized carbons (Fsp3) is 0.750. The van der Waals surface area contributed by atoms with Crippen LogP contribution < -0.4 is 5.32 Å². The minimum atomic E-state index is -0.856. The first-order valence-corrected chi connectivity index (χ1v) is 6.51. The predicted octanol–water partition coefficient (Wildman–Crippen LogP) is -0.419. The highest BCUT2D eigenvalue weighted by molar-refractivity contribution is 5.82. The average Bonchev–Trinajstić information content (AvgIpc) is 2.35. The van der Waals surface area contributed by atoms with E-state index in [1.54, 1.807) is 11.9 Å². The predicted molar refractivity (Wildman–Crippen MR) is 66.5 cm³/mol. The van der Waals surface area contributed by atoms with Crippen LogP contribution in [0.2, 0.25) is 0 Å². The first-order valence-electron chi connectivity index (χ1n) is 6.51. The molecule has 0 aliphatic carbocycles. The number of carbonyl (C=O) groups excluding carboxylic acids is 2. The molecule has 1 unspecified atom stereocenters. The van der Waals surface area contributed by atoms with Gasteiger partial charge in [-0.05, 0) is 12.8 Å². The van der Waals surface area contributed by atoms with E-state index in [9.17, 15) is 14.4 Å². The molecule has 0 radical (unpaired) electrons. The maximum absolute atomic E-state index is 12.1. The number of likely N-dealkylation sites (tertiary alicyclic amines) is 2. The molecule has 0 bridgehead atoms. The standard InChI is InChI=1S/C12H19N3O4/c1-13-10(16)8-3-2-4-14(5-8)12(19)15-6-9(7-15)11(17)18/h8-9H,2-7H2,1H3,(H,13,16)(H,17,18). The molecule has 2 aliphatic heterocycles. The van der Waals surface area contributed by atoms with Gasteiger partial charge in [-0.2, -0.15) is 0 Å². The molecule has 19 heavy (non-hydrogen) atoms. The summed E-state index contributed by atoms with van der Waals surface area (Å²) in [6.45, 7) is 1.61. The van der Waals surface area contributed by atoms with E-state index in [4.69, 9.17) is 5.11 Å². The van der Waals surface area contributed by atoms with E-state index < -0.39 is 11.9 Å². The van der Waals surface area contributed by atoms with Crippen molar-refractivity contribution in [3.05, 3.63) is 0 Å². The third-order valence-corrected chi connectivity index (χ3v) is 3.81. The lowest BCUT2D eigenvalue weighted by Crippen LogP contribution is -2.58. The second-order valence-electron chi connectivity index (χ2n) is 5.12. The number of piperidine rings is 1. The molecule has 3 amide bonds. The molecule has 7 heteroatoms. The summed E-state index contributed by atoms with van der Waals surface area (Å²) in [5.74, 6) is -1.49. The Hall–Kier alpha value is -1.79. The van der Waals surface area contributed by atoms with Crippen LogP contribution in [0.1, 0.15) is 12.8 Å². The van der Waals surface area contributed by atoms with Gasteiger partial charge in [0, 0.05) is 33.2 Å². The summed E-state index contributed by atoms with van der Waals surface area (Å²) < 4.78 is 0. The summed E-state index contributed by atoms with van der Waals surface area (Å²) in [7, 11) is 1.59. The van der Waals surface area contributed by atoms with Crippen LogP contribution in [0.3, 0.4) is 0 Å². The Kier molecular flexibility index (Phi) is 3.92. The Balaban J connectivity index is 1.86. The van der Waals surface area contributed by atoms with E-state index in [1.165, 1.54) is 4.90 Å². The Morgan fingerprint density at radius 3 is 2.32 bits per heavy atom. The molecule has 106 valence electrons. The summed E-state index contributed by atoms with van der Waals surface area (Å²) in [5, 5.41) is 11.4. The van der Waals surface area contributed by atoms with E-state index >= 15 is 0 Å². The highest BCUT2D eigenvalue weighted by Gasteiger charge is 2.39. The van der Waals surface area contributed by atoms with Crippen molar-refractivity contribution in [2.75, 3.05) is 33.2 Å². The molecular weight excluding hydrogens is 250 g/mol. The molecule has 2 heterocycles. The molecule has 0 spiro atoms. The summed E-state index contributed by atoms with van der Waals surface area (Å²) in [5.41, 5.74) is 0. The van der Waals surface area contributed by atoms with Gasteiger partial charge in [0.2, 0.25) is 5.91 Å². The molecular formula is C12H19N3O4. The number of aliphatic carboxylic acids is 1. The number of carbonyl (C=O) groups is 3. The minimum Gasteiger partial charge on any atom is -0.481 e. The van der Waals surface area contributed by atoms with Gasteiger partial charge in [-0.1, -0.05) is 0 Å². The Bertz CT molecular complexity index is 392. The largest absolute Gasteiger partial charge is 0.481 e. The van der Waals surface area contributed by atoms with Crippen molar-refractivity contribution in [3.8, 4) is 0 Å². The summed E-state index contributed by atoms with van der Waals surface area (Å²) in [4.78, 5) is 37.6. The smallest absolute Gasteiger partial charge is 0.320 e. The first kappa shape index (κ1) is 13.6. The molecule has 2 aliphatic rings. The maximum Gasteiger partial charge on any atom is 0.320 e. The van der Waals surface area contributed by atoms with Gasteiger partial charge >= 0.3 is 12.0 Å². The van der Waals surface area contributed by atoms with E-state index in [2.05, 4.69) is 5.32 Å². The van der Waals surface area contributed by atoms with Crippen LogP contribution in [0, 0.1) is 11.8 Å². The van der Waals surface area contributed by atoms with Gasteiger partial charge < -0.3 is 20.2 Å². The van der Waals surface area contributed by atoms with Gasteiger partial charge in [0.05, 0.1) is 11.8 Å². The lowest BCUT2D eigenvalue weighted by molar-refractivity contribution is -0.146. The highest BCUT2D eigenvalue weighted by atomic mass is 16.4. The Labute approximate surface area is 111 Å². The number of amides is 3. The molecule has 1 atom stereocenters. The van der Waals surface area contributed by atoms with Crippen LogP contribution >= 0.6 is 0 Å². The number of carboxylic acid groups (broad SMARTS) is 1. The van der Waals surface area contributed by atoms with Gasteiger partial charge in [0.15, 0.2) is 0 Å². The van der Waals surface area contributed by atoms with E-state index in [0.717, 1.165) is 12.8 Å². The summed E-state index contributed by atoms with van der Waals surface area (Å²) in [6, 6.07) is -0.147. The molecule has 2 rings (SSSR count). The van der Waals surface area contributed by atoms with Crippen molar-refractivity contribution in [3.63, 3.8) is 0 Å². The number of hydrogen-bond acceptors (Lipinski definition) is 3. The second kappa shape index (κ2) is 5.46. The molecule has 2 fully saturated rings. The molecule has 0 saturated carbocycles. The molecule has 0 aromatic rings. The number of carboxylic acids is 1. The fourth-order valence-corrected chi connectivity index (χ4v) is 2.56. The first-order chi connectivity index (χ1) is 9.02. The second-order valence-corrected chi connectivity index (χ2v) is 5.12. The highest BCUT2D eigenvalue weighted by Crippen LogP contribution is 2.22. The molecule has 0 aromatic heterocycles. The van der Waals surface area contributed by atoms with Gasteiger partial charge in [0.25, 0.3) is 0 Å². The topological polar surface area (TPSA) is 90.0 Å². The third kappa shape index (κ3) is 2.80. The summed E-state index contributed by atoms with van der Waals surface area (Å²) >= 11 is 0. The van der Waals surface area contributed by atoms with E-state index in [1.807, 2.05) is 0 Å². The van der Waals surface area contributed by atoms with Crippen LogP contribution in [0.5, 0.6) is 0 Å². The number of urea groups is 1. The number of rotatable bonds is 2. The van der Waals surface area contributed by atoms with E-state index in [0.29, 0.717) is 13.1 Å². The van der Waals surface area contributed by atoms with Crippen molar-refractivity contribution in [2.45, 2.75) is 12.8 Å². The van der Waals surface area contributed by atoms with Crippen LogP contribution in [0.4, 0.5) is 4.79 Å². The van der Waals surface area contributed by atoms with Gasteiger partial charge in [-0.3, -0.25) is 9.59 Å². The van der Waals surface area contributed by atoms with Crippen molar-refractivity contribution in [2.24, 2.45) is 11.8 Å². The number of nitrogens with one attached hydrogen (secondary N) is 1. The zero-order valence-electron chi connectivity index (χ0n) is 11.0. The van der Waals surface area contributed by atoms with Gasteiger partial charge in [-0.25, -0.2) is 4.79 Å². The number of hydrogen-bond donors (Lipinski definition) is 2. The number of nitrogens with zero attached hydrogens (tertiary/aromatic N) is 2. The quantitative estimate of drug-likeness (QED) is 0.712. The zero-order valence-corrected chi connectivity index (χ0v) is 11.0. The van der Waals surface area contributed by atoms with Crippen LogP contribution in [-0.4, -0.2) is 66.0 Å². The van der Waals surface area contributed by atoms with Crippen molar-refractivity contribution in [1.82, 2.24) is 15.1 Å². The Morgan fingerprint density at radius 2 is 1.74 bits per heavy atom. The molecule has 0 aromatic carbocycles. The lowest BCUT2D eigenvalue weighted by Gasteiger charge is -2.42. The maximum atomic E-state index is 12.1. The van der Waals surface area contributed by atoms with Gasteiger partial charge in [-0.15, -0.1) is 0 Å². The average molecular weight is 269 g/mol. The lowest BCUT2D eigenvalue weighted by atomic mass is 9.96.